The monoisotopic (exact) mass is 764 g/mol. The number of aromatic nitrogens is 1. The molecule has 2 heteroatoms. The number of rotatable bonds is 7. The van der Waals surface area contributed by atoms with Crippen LogP contribution in [-0.2, 0) is 0 Å². The highest BCUT2D eigenvalue weighted by Crippen LogP contribution is 2.58. The molecule has 0 amide bonds. The van der Waals surface area contributed by atoms with Crippen LogP contribution in [0.5, 0.6) is 0 Å². The second kappa shape index (κ2) is 14.5. The van der Waals surface area contributed by atoms with Gasteiger partial charge in [0.25, 0.3) is 0 Å². The molecule has 1 heterocycles. The zero-order chi connectivity index (χ0) is 40.2. The van der Waals surface area contributed by atoms with Crippen LogP contribution in [-0.4, -0.2) is 4.98 Å². The quantitative estimate of drug-likeness (QED) is 0.164. The second-order valence-corrected chi connectivity index (χ2v) is 15.6. The van der Waals surface area contributed by atoms with Crippen LogP contribution in [0.4, 0.5) is 0 Å². The molecule has 1 aromatic heterocycles. The molecular formula is C58H40N2. The molecule has 2 nitrogen and oxygen atoms in total. The third kappa shape index (κ3) is 5.84. The number of hydrogen-bond donors (Lipinski definition) is 1. The molecule has 0 saturated heterocycles. The summed E-state index contributed by atoms with van der Waals surface area (Å²) in [6.45, 7) is 1.97. The maximum absolute atomic E-state index is 6.33. The largest absolute Gasteiger partial charge is 0.397 e. The number of allylic oxidation sites excluding steroid dienone is 3. The van der Waals surface area contributed by atoms with Gasteiger partial charge in [0.15, 0.2) is 0 Å². The Bertz CT molecular complexity index is 3280. The molecule has 1 aliphatic carbocycles. The number of hydrogen-bond acceptors (Lipinski definition) is 2. The molecule has 0 aliphatic heterocycles. The Morgan fingerprint density at radius 2 is 0.950 bits per heavy atom. The molecule has 10 aromatic rings. The summed E-state index contributed by atoms with van der Waals surface area (Å²) in [4.78, 5) is 4.89. The van der Waals surface area contributed by atoms with Gasteiger partial charge in [-0.15, -0.1) is 0 Å². The summed E-state index contributed by atoms with van der Waals surface area (Å²) in [5.74, 6) is 0. The minimum atomic E-state index is 0.644. The third-order valence-corrected chi connectivity index (χ3v) is 12.1. The van der Waals surface area contributed by atoms with Gasteiger partial charge in [-0.05, 0) is 142 Å². The smallest absolute Gasteiger partial charge is 0.0866 e. The van der Waals surface area contributed by atoms with Crippen LogP contribution in [0.1, 0.15) is 12.6 Å². The maximum atomic E-state index is 6.33. The Balaban J connectivity index is 1.02. The first-order chi connectivity index (χ1) is 29.6. The highest BCUT2D eigenvalue weighted by molar-refractivity contribution is 6.28. The van der Waals surface area contributed by atoms with Gasteiger partial charge < -0.3 is 5.73 Å². The van der Waals surface area contributed by atoms with Crippen LogP contribution in [0.2, 0.25) is 0 Å². The fraction of sp³-hybridized carbons (Fsp3) is 0.0172. The van der Waals surface area contributed by atoms with Crippen molar-refractivity contribution in [1.82, 2.24) is 4.98 Å². The first kappa shape index (κ1) is 35.4. The van der Waals surface area contributed by atoms with E-state index in [0.717, 1.165) is 22.5 Å². The molecular weight excluding hydrogens is 725 g/mol. The van der Waals surface area contributed by atoms with Crippen molar-refractivity contribution in [2.45, 2.75) is 6.92 Å². The van der Waals surface area contributed by atoms with Crippen molar-refractivity contribution in [3.8, 4) is 78.0 Å². The first-order valence-corrected chi connectivity index (χ1v) is 20.6. The van der Waals surface area contributed by atoms with Gasteiger partial charge in [0.1, 0.15) is 0 Å². The Labute approximate surface area is 350 Å². The Hall–Kier alpha value is -7.81. The predicted molar refractivity (Wildman–Crippen MR) is 255 cm³/mol. The second-order valence-electron chi connectivity index (χ2n) is 15.6. The fourth-order valence-electron chi connectivity index (χ4n) is 9.35. The molecule has 0 atom stereocenters. The van der Waals surface area contributed by atoms with E-state index in [2.05, 4.69) is 176 Å². The van der Waals surface area contributed by atoms with Crippen molar-refractivity contribution in [3.05, 3.63) is 218 Å². The molecule has 11 rings (SSSR count). The number of pyridine rings is 1. The summed E-state index contributed by atoms with van der Waals surface area (Å²) in [7, 11) is 0. The lowest BCUT2D eigenvalue weighted by atomic mass is 9.82. The van der Waals surface area contributed by atoms with E-state index in [1.54, 1.807) is 0 Å². The molecule has 0 fully saturated rings. The average Bonchev–Trinajstić information content (AvgIpc) is 3.65. The minimum Gasteiger partial charge on any atom is -0.397 e. The van der Waals surface area contributed by atoms with Gasteiger partial charge in [-0.3, -0.25) is 0 Å². The molecule has 0 radical (unpaired) electrons. The van der Waals surface area contributed by atoms with E-state index in [9.17, 15) is 0 Å². The molecule has 0 unspecified atom stereocenters. The zero-order valence-electron chi connectivity index (χ0n) is 33.2. The van der Waals surface area contributed by atoms with Crippen molar-refractivity contribution in [2.24, 2.45) is 5.73 Å². The summed E-state index contributed by atoms with van der Waals surface area (Å²) in [5.41, 5.74) is 24.7. The summed E-state index contributed by atoms with van der Waals surface area (Å²) < 4.78 is 0. The van der Waals surface area contributed by atoms with E-state index in [4.69, 9.17) is 10.7 Å². The Morgan fingerprint density at radius 3 is 1.65 bits per heavy atom. The average molecular weight is 765 g/mol. The lowest BCUT2D eigenvalue weighted by Gasteiger charge is -2.20. The van der Waals surface area contributed by atoms with E-state index in [-0.39, 0.29) is 0 Å². The summed E-state index contributed by atoms with van der Waals surface area (Å²) >= 11 is 0. The van der Waals surface area contributed by atoms with Gasteiger partial charge >= 0.3 is 0 Å². The van der Waals surface area contributed by atoms with Gasteiger partial charge in [-0.25, -0.2) is 4.98 Å². The van der Waals surface area contributed by atoms with Crippen LogP contribution < -0.4 is 5.73 Å². The van der Waals surface area contributed by atoms with Crippen molar-refractivity contribution >= 4 is 38.0 Å². The highest BCUT2D eigenvalue weighted by atomic mass is 14.8. The molecule has 282 valence electrons. The Kier molecular flexibility index (Phi) is 8.57. The van der Waals surface area contributed by atoms with E-state index < -0.39 is 0 Å². The van der Waals surface area contributed by atoms with Crippen LogP contribution in [0.15, 0.2) is 212 Å². The van der Waals surface area contributed by atoms with Crippen molar-refractivity contribution in [2.75, 3.05) is 0 Å². The molecule has 0 bridgehead atoms. The lowest BCUT2D eigenvalue weighted by molar-refractivity contribution is 1.26. The molecule has 0 saturated carbocycles. The normalized spacial score (nSPS) is 12.2. The predicted octanol–water partition coefficient (Wildman–Crippen LogP) is 15.4. The molecule has 2 N–H and O–H groups in total. The van der Waals surface area contributed by atoms with E-state index in [0.29, 0.717) is 5.70 Å². The molecule has 1 aliphatic rings. The standard InChI is InChI=1S/C58H40N2/c1-2-3-25-51(59)53-27-14-26-52(60-53)44-20-12-19-39(36-44)40-28-29-42-35-43(31-30-41(42)34-40)45-32-33-50-56-46(45)23-13-24-49(56)57-54(37-15-6-4-7-16-37)47-21-10-11-22-48(47)55(58(50)57)38-17-8-5-9-18-38/h2-36H,59H2,1H3/b3-2-,51-25-. The van der Waals surface area contributed by atoms with E-state index in [1.807, 2.05) is 43.4 Å². The summed E-state index contributed by atoms with van der Waals surface area (Å²) in [5, 5.41) is 7.55. The molecule has 9 aromatic carbocycles. The van der Waals surface area contributed by atoms with Crippen molar-refractivity contribution in [3.63, 3.8) is 0 Å². The van der Waals surface area contributed by atoms with Crippen LogP contribution in [0.3, 0.4) is 0 Å². The SMILES string of the molecule is C/C=C\C=C(/N)c1cccc(-c2cccc(-c3ccc4cc(-c5ccc6c7c(cccc57)-c5c-6c(-c6ccccc6)c6ccccc6c5-c5ccccc5)ccc4c3)c2)n1. The lowest BCUT2D eigenvalue weighted by Crippen LogP contribution is -1.99. The molecule has 0 spiro atoms. The topological polar surface area (TPSA) is 38.9 Å². The number of nitrogens with zero attached hydrogens (tertiary/aromatic N) is 1. The highest BCUT2D eigenvalue weighted by Gasteiger charge is 2.31. The number of fused-ring (bicyclic) bond motifs is 5. The summed E-state index contributed by atoms with van der Waals surface area (Å²) in [6, 6.07) is 70.7. The Morgan fingerprint density at radius 1 is 0.417 bits per heavy atom. The van der Waals surface area contributed by atoms with E-state index in [1.165, 1.54) is 93.5 Å². The number of nitrogens with two attached hydrogens (primary N) is 1. The van der Waals surface area contributed by atoms with Crippen molar-refractivity contribution < 1.29 is 0 Å². The fourth-order valence-corrected chi connectivity index (χ4v) is 9.35. The van der Waals surface area contributed by atoms with Gasteiger partial charge in [0, 0.05) is 5.56 Å². The molecule has 60 heavy (non-hydrogen) atoms. The zero-order valence-corrected chi connectivity index (χ0v) is 33.2. The van der Waals surface area contributed by atoms with E-state index >= 15 is 0 Å². The minimum absolute atomic E-state index is 0.644. The van der Waals surface area contributed by atoms with Crippen LogP contribution in [0.25, 0.3) is 116 Å². The van der Waals surface area contributed by atoms with Gasteiger partial charge in [-0.1, -0.05) is 176 Å². The first-order valence-electron chi connectivity index (χ1n) is 20.6. The van der Waals surface area contributed by atoms with Crippen LogP contribution >= 0.6 is 0 Å². The van der Waals surface area contributed by atoms with Gasteiger partial charge in [-0.2, -0.15) is 0 Å². The van der Waals surface area contributed by atoms with Gasteiger partial charge in [0.05, 0.1) is 17.1 Å². The summed E-state index contributed by atoms with van der Waals surface area (Å²) in [6.07, 6.45) is 5.78. The third-order valence-electron chi connectivity index (χ3n) is 12.1. The number of benzene rings is 9. The van der Waals surface area contributed by atoms with Crippen LogP contribution in [0, 0.1) is 0 Å². The van der Waals surface area contributed by atoms with Crippen molar-refractivity contribution in [1.29, 1.82) is 0 Å². The van der Waals surface area contributed by atoms with Gasteiger partial charge in [0.2, 0.25) is 0 Å². The maximum Gasteiger partial charge on any atom is 0.0866 e.